The summed E-state index contributed by atoms with van der Waals surface area (Å²) < 4.78 is 0. The molecule has 0 radical (unpaired) electrons. The van der Waals surface area contributed by atoms with Crippen molar-refractivity contribution in [2.24, 2.45) is 0 Å². The number of amides is 1. The number of aromatic nitrogens is 2. The largest absolute Gasteiger partial charge is 0.337 e. The van der Waals surface area contributed by atoms with E-state index in [0.29, 0.717) is 11.6 Å². The monoisotopic (exact) mass is 219 g/mol. The van der Waals surface area contributed by atoms with Crippen molar-refractivity contribution in [3.05, 3.63) is 23.5 Å². The average molecular weight is 219 g/mol. The van der Waals surface area contributed by atoms with E-state index in [-0.39, 0.29) is 5.91 Å². The Bertz CT molecular complexity index is 366. The molecule has 1 aromatic heterocycles. The zero-order chi connectivity index (χ0) is 11.5. The van der Waals surface area contributed by atoms with Crippen molar-refractivity contribution in [3.63, 3.8) is 0 Å². The van der Waals surface area contributed by atoms with Gasteiger partial charge in [-0.15, -0.1) is 5.10 Å². The van der Waals surface area contributed by atoms with E-state index in [1.807, 2.05) is 11.0 Å². The van der Waals surface area contributed by atoms with E-state index in [2.05, 4.69) is 24.0 Å². The van der Waals surface area contributed by atoms with E-state index < -0.39 is 0 Å². The molecule has 0 atom stereocenters. The summed E-state index contributed by atoms with van der Waals surface area (Å²) in [7, 11) is 0. The highest BCUT2D eigenvalue weighted by molar-refractivity contribution is 5.92. The van der Waals surface area contributed by atoms with Crippen LogP contribution in [-0.4, -0.2) is 34.1 Å². The standard InChI is InChI=1S/C12H17N3O/c1-9(2)10-5-6-11(14-13-10)12(16)15-7-3-4-8-15/h5-6,9H,3-4,7-8H2,1-2H3. The average Bonchev–Trinajstić information content (AvgIpc) is 2.81. The molecule has 0 spiro atoms. The number of hydrogen-bond donors (Lipinski definition) is 0. The second-order valence-corrected chi connectivity index (χ2v) is 4.50. The normalized spacial score (nSPS) is 15.8. The van der Waals surface area contributed by atoms with E-state index in [1.165, 1.54) is 0 Å². The van der Waals surface area contributed by atoms with Crippen molar-refractivity contribution >= 4 is 5.91 Å². The van der Waals surface area contributed by atoms with Gasteiger partial charge in [0, 0.05) is 13.1 Å². The van der Waals surface area contributed by atoms with Crippen molar-refractivity contribution in [1.82, 2.24) is 15.1 Å². The Morgan fingerprint density at radius 1 is 1.25 bits per heavy atom. The Morgan fingerprint density at radius 3 is 2.44 bits per heavy atom. The van der Waals surface area contributed by atoms with E-state index in [4.69, 9.17) is 0 Å². The molecule has 2 rings (SSSR count). The molecule has 1 amide bonds. The van der Waals surface area contributed by atoms with E-state index in [1.54, 1.807) is 6.07 Å². The summed E-state index contributed by atoms with van der Waals surface area (Å²) >= 11 is 0. The third-order valence-electron chi connectivity index (χ3n) is 2.89. The molecule has 1 aliphatic rings. The second-order valence-electron chi connectivity index (χ2n) is 4.50. The lowest BCUT2D eigenvalue weighted by Crippen LogP contribution is -2.28. The highest BCUT2D eigenvalue weighted by Gasteiger charge is 2.20. The lowest BCUT2D eigenvalue weighted by atomic mass is 10.1. The van der Waals surface area contributed by atoms with E-state index in [0.717, 1.165) is 31.6 Å². The van der Waals surface area contributed by atoms with Crippen LogP contribution in [0.4, 0.5) is 0 Å². The molecular formula is C12H17N3O. The first-order chi connectivity index (χ1) is 7.68. The molecule has 4 nitrogen and oxygen atoms in total. The maximum atomic E-state index is 12.0. The number of rotatable bonds is 2. The first kappa shape index (κ1) is 11.0. The van der Waals surface area contributed by atoms with Gasteiger partial charge in [0.2, 0.25) is 0 Å². The van der Waals surface area contributed by atoms with Gasteiger partial charge in [-0.3, -0.25) is 4.79 Å². The third-order valence-corrected chi connectivity index (χ3v) is 2.89. The summed E-state index contributed by atoms with van der Waals surface area (Å²) in [6.45, 7) is 5.83. The summed E-state index contributed by atoms with van der Waals surface area (Å²) in [6.07, 6.45) is 2.20. The van der Waals surface area contributed by atoms with E-state index in [9.17, 15) is 4.79 Å². The fourth-order valence-corrected chi connectivity index (χ4v) is 1.85. The van der Waals surface area contributed by atoms with Gasteiger partial charge in [-0.1, -0.05) is 13.8 Å². The van der Waals surface area contributed by atoms with Crippen LogP contribution in [0.2, 0.25) is 0 Å². The van der Waals surface area contributed by atoms with Crippen LogP contribution in [0.1, 0.15) is 48.8 Å². The summed E-state index contributed by atoms with van der Waals surface area (Å²) in [5, 5.41) is 8.08. The quantitative estimate of drug-likeness (QED) is 0.762. The minimum absolute atomic E-state index is 0.0142. The summed E-state index contributed by atoms with van der Waals surface area (Å²) in [4.78, 5) is 13.8. The molecule has 1 fully saturated rings. The highest BCUT2D eigenvalue weighted by Crippen LogP contribution is 2.13. The van der Waals surface area contributed by atoms with Crippen molar-refractivity contribution in [3.8, 4) is 0 Å². The summed E-state index contributed by atoms with van der Waals surface area (Å²) in [5.41, 5.74) is 1.39. The number of carbonyl (C=O) groups is 1. The molecule has 16 heavy (non-hydrogen) atoms. The molecule has 0 saturated carbocycles. The number of likely N-dealkylation sites (tertiary alicyclic amines) is 1. The molecule has 1 saturated heterocycles. The smallest absolute Gasteiger partial charge is 0.274 e. The minimum Gasteiger partial charge on any atom is -0.337 e. The van der Waals surface area contributed by atoms with Crippen LogP contribution < -0.4 is 0 Å². The Labute approximate surface area is 95.7 Å². The van der Waals surface area contributed by atoms with Gasteiger partial charge in [0.05, 0.1) is 5.69 Å². The third kappa shape index (κ3) is 2.21. The summed E-state index contributed by atoms with van der Waals surface area (Å²) in [5.74, 6) is 0.365. The molecule has 0 bridgehead atoms. The van der Waals surface area contributed by atoms with Gasteiger partial charge in [0.1, 0.15) is 0 Å². The zero-order valence-corrected chi connectivity index (χ0v) is 9.81. The van der Waals surface area contributed by atoms with Crippen molar-refractivity contribution < 1.29 is 4.79 Å². The van der Waals surface area contributed by atoms with Gasteiger partial charge in [0.15, 0.2) is 5.69 Å². The number of nitrogens with zero attached hydrogens (tertiary/aromatic N) is 3. The van der Waals surface area contributed by atoms with Crippen LogP contribution in [0.15, 0.2) is 12.1 Å². The van der Waals surface area contributed by atoms with E-state index >= 15 is 0 Å². The zero-order valence-electron chi connectivity index (χ0n) is 9.81. The molecule has 4 heteroatoms. The Kier molecular flexibility index (Phi) is 3.17. The van der Waals surface area contributed by atoms with Crippen molar-refractivity contribution in [1.29, 1.82) is 0 Å². The molecule has 0 N–H and O–H groups in total. The van der Waals surface area contributed by atoms with Crippen LogP contribution in [0.3, 0.4) is 0 Å². The SMILES string of the molecule is CC(C)c1ccc(C(=O)N2CCCC2)nn1. The van der Waals surface area contributed by atoms with Crippen molar-refractivity contribution in [2.45, 2.75) is 32.6 Å². The predicted molar refractivity (Wildman–Crippen MR) is 61.3 cm³/mol. The topological polar surface area (TPSA) is 46.1 Å². The molecule has 0 aromatic carbocycles. The van der Waals surface area contributed by atoms with Gasteiger partial charge < -0.3 is 4.90 Å². The Hall–Kier alpha value is -1.45. The van der Waals surface area contributed by atoms with Crippen LogP contribution in [0.25, 0.3) is 0 Å². The van der Waals surface area contributed by atoms with Crippen LogP contribution in [-0.2, 0) is 0 Å². The van der Waals surface area contributed by atoms with Gasteiger partial charge in [-0.25, -0.2) is 0 Å². The Morgan fingerprint density at radius 2 is 1.94 bits per heavy atom. The molecule has 2 heterocycles. The molecule has 0 aliphatic carbocycles. The number of hydrogen-bond acceptors (Lipinski definition) is 3. The molecule has 86 valence electrons. The fourth-order valence-electron chi connectivity index (χ4n) is 1.85. The maximum Gasteiger partial charge on any atom is 0.274 e. The fraction of sp³-hybridized carbons (Fsp3) is 0.583. The lowest BCUT2D eigenvalue weighted by Gasteiger charge is -2.14. The van der Waals surface area contributed by atoms with Gasteiger partial charge in [-0.2, -0.15) is 5.10 Å². The second kappa shape index (κ2) is 4.60. The van der Waals surface area contributed by atoms with Gasteiger partial charge >= 0.3 is 0 Å². The summed E-state index contributed by atoms with van der Waals surface area (Å²) in [6, 6.07) is 3.67. The van der Waals surface area contributed by atoms with Crippen molar-refractivity contribution in [2.75, 3.05) is 13.1 Å². The Balaban J connectivity index is 2.11. The van der Waals surface area contributed by atoms with Gasteiger partial charge in [0.25, 0.3) is 5.91 Å². The van der Waals surface area contributed by atoms with Crippen LogP contribution >= 0.6 is 0 Å². The maximum absolute atomic E-state index is 12.0. The minimum atomic E-state index is 0.0142. The van der Waals surface area contributed by atoms with Crippen LogP contribution in [0, 0.1) is 0 Å². The molecular weight excluding hydrogens is 202 g/mol. The number of carbonyl (C=O) groups excluding carboxylic acids is 1. The molecule has 1 aromatic rings. The molecule has 1 aliphatic heterocycles. The molecule has 0 unspecified atom stereocenters. The first-order valence-corrected chi connectivity index (χ1v) is 5.81. The first-order valence-electron chi connectivity index (χ1n) is 5.81. The van der Waals surface area contributed by atoms with Crippen LogP contribution in [0.5, 0.6) is 0 Å². The van der Waals surface area contributed by atoms with Gasteiger partial charge in [-0.05, 0) is 30.9 Å². The highest BCUT2D eigenvalue weighted by atomic mass is 16.2. The predicted octanol–water partition coefficient (Wildman–Crippen LogP) is 1.84. The lowest BCUT2D eigenvalue weighted by molar-refractivity contribution is 0.0785.